The first-order valence-electron chi connectivity index (χ1n) is 7.50. The summed E-state index contributed by atoms with van der Waals surface area (Å²) in [6.07, 6.45) is 1.09. The van der Waals surface area contributed by atoms with Gasteiger partial charge in [-0.15, -0.1) is 0 Å². The molecular weight excluding hydrogens is 326 g/mol. The lowest BCUT2D eigenvalue weighted by molar-refractivity contribution is 0.237. The van der Waals surface area contributed by atoms with Crippen molar-refractivity contribution in [1.29, 1.82) is 0 Å². The number of hydrogen-bond donors (Lipinski definition) is 3. The third kappa shape index (κ3) is 5.58. The Morgan fingerprint density at radius 3 is 2.33 bits per heavy atom. The largest absolute Gasteiger partial charge is 0.334 e. The third-order valence-corrected chi connectivity index (χ3v) is 3.99. The second-order valence-electron chi connectivity index (χ2n) is 5.49. The Labute approximate surface area is 142 Å². The van der Waals surface area contributed by atoms with Crippen molar-refractivity contribution in [2.24, 2.45) is 0 Å². The Morgan fingerprint density at radius 2 is 1.67 bits per heavy atom. The van der Waals surface area contributed by atoms with Crippen LogP contribution < -0.4 is 15.4 Å². The number of sulfonamides is 1. The Bertz CT molecular complexity index is 792. The van der Waals surface area contributed by atoms with Crippen LogP contribution in [-0.2, 0) is 16.6 Å². The average molecular weight is 347 g/mol. The number of urea groups is 1. The van der Waals surface area contributed by atoms with Gasteiger partial charge in [0.1, 0.15) is 0 Å². The highest BCUT2D eigenvalue weighted by Gasteiger charge is 2.11. The fourth-order valence-electron chi connectivity index (χ4n) is 2.22. The highest BCUT2D eigenvalue weighted by molar-refractivity contribution is 7.92. The molecule has 0 saturated heterocycles. The lowest BCUT2D eigenvalue weighted by Crippen LogP contribution is -2.36. The zero-order valence-corrected chi connectivity index (χ0v) is 14.4. The average Bonchev–Trinajstić information content (AvgIpc) is 2.53. The fourth-order valence-corrected chi connectivity index (χ4v) is 2.82. The van der Waals surface area contributed by atoms with Gasteiger partial charge in [-0.25, -0.2) is 13.2 Å². The predicted octanol–water partition coefficient (Wildman–Crippen LogP) is 2.62. The lowest BCUT2D eigenvalue weighted by atomic mass is 10.1. The summed E-state index contributed by atoms with van der Waals surface area (Å²) in [5, 5.41) is 5.59. The number of amides is 2. The normalized spacial score (nSPS) is 12.2. The molecule has 0 aliphatic rings. The van der Waals surface area contributed by atoms with E-state index in [-0.39, 0.29) is 18.6 Å². The molecule has 128 valence electrons. The maximum atomic E-state index is 12.0. The maximum Gasteiger partial charge on any atom is 0.315 e. The minimum absolute atomic E-state index is 0.129. The van der Waals surface area contributed by atoms with Gasteiger partial charge in [-0.1, -0.05) is 48.5 Å². The first-order chi connectivity index (χ1) is 11.3. The van der Waals surface area contributed by atoms with E-state index in [0.717, 1.165) is 11.8 Å². The van der Waals surface area contributed by atoms with Crippen molar-refractivity contribution in [2.45, 2.75) is 19.5 Å². The van der Waals surface area contributed by atoms with Gasteiger partial charge in [0.05, 0.1) is 18.0 Å². The number of nitrogens with one attached hydrogen (secondary N) is 3. The van der Waals surface area contributed by atoms with Gasteiger partial charge >= 0.3 is 6.03 Å². The minimum Gasteiger partial charge on any atom is -0.334 e. The molecular formula is C17H21N3O3S. The fraction of sp³-hybridized carbons (Fsp3) is 0.235. The molecule has 2 rings (SSSR count). The second-order valence-corrected chi connectivity index (χ2v) is 7.24. The van der Waals surface area contributed by atoms with E-state index in [1.165, 1.54) is 0 Å². The molecule has 0 aromatic heterocycles. The van der Waals surface area contributed by atoms with Gasteiger partial charge in [0.15, 0.2) is 0 Å². The molecule has 2 aromatic rings. The van der Waals surface area contributed by atoms with E-state index in [9.17, 15) is 13.2 Å². The first kappa shape index (κ1) is 17.8. The number of hydrogen-bond acceptors (Lipinski definition) is 3. The third-order valence-electron chi connectivity index (χ3n) is 3.40. The molecule has 1 atom stereocenters. The summed E-state index contributed by atoms with van der Waals surface area (Å²) < 4.78 is 25.2. The molecule has 7 heteroatoms. The molecule has 6 nitrogen and oxygen atoms in total. The molecule has 2 aromatic carbocycles. The van der Waals surface area contributed by atoms with Gasteiger partial charge in [0.25, 0.3) is 0 Å². The van der Waals surface area contributed by atoms with Crippen LogP contribution in [0.4, 0.5) is 10.5 Å². The van der Waals surface area contributed by atoms with Crippen molar-refractivity contribution in [3.05, 3.63) is 65.7 Å². The highest BCUT2D eigenvalue weighted by Crippen LogP contribution is 2.16. The van der Waals surface area contributed by atoms with Crippen molar-refractivity contribution in [3.63, 3.8) is 0 Å². The molecule has 0 bridgehead atoms. The van der Waals surface area contributed by atoms with Crippen LogP contribution in [0.15, 0.2) is 54.6 Å². The van der Waals surface area contributed by atoms with Gasteiger partial charge in [-0.05, 0) is 24.1 Å². The zero-order chi connectivity index (χ0) is 17.6. The number of carbonyl (C=O) groups is 1. The summed E-state index contributed by atoms with van der Waals surface area (Å²) in [7, 11) is -3.37. The number of anilines is 1. The van der Waals surface area contributed by atoms with Crippen molar-refractivity contribution in [1.82, 2.24) is 10.6 Å². The smallest absolute Gasteiger partial charge is 0.315 e. The number of carbonyl (C=O) groups excluding carboxylic acids is 1. The highest BCUT2D eigenvalue weighted by atomic mass is 32.2. The number of para-hydroxylation sites is 1. The molecule has 0 saturated carbocycles. The number of rotatable bonds is 6. The SMILES string of the molecule is CC(NC(=O)NCc1ccccc1NS(C)(=O)=O)c1ccccc1. The zero-order valence-electron chi connectivity index (χ0n) is 13.6. The second kappa shape index (κ2) is 7.83. The van der Waals surface area contributed by atoms with E-state index in [0.29, 0.717) is 11.3 Å². The molecule has 0 spiro atoms. The van der Waals surface area contributed by atoms with Crippen LogP contribution in [-0.4, -0.2) is 20.7 Å². The minimum atomic E-state index is -3.37. The number of benzene rings is 2. The molecule has 0 fully saturated rings. The van der Waals surface area contributed by atoms with Crippen LogP contribution in [0.3, 0.4) is 0 Å². The Morgan fingerprint density at radius 1 is 1.04 bits per heavy atom. The molecule has 0 aliphatic heterocycles. The van der Waals surface area contributed by atoms with Crippen molar-refractivity contribution in [2.75, 3.05) is 11.0 Å². The van der Waals surface area contributed by atoms with Crippen LogP contribution in [0.25, 0.3) is 0 Å². The van der Waals surface area contributed by atoms with Gasteiger partial charge in [-0.3, -0.25) is 4.72 Å². The van der Waals surface area contributed by atoms with Gasteiger partial charge < -0.3 is 10.6 Å². The quantitative estimate of drug-likeness (QED) is 0.751. The van der Waals surface area contributed by atoms with E-state index in [1.807, 2.05) is 37.3 Å². The maximum absolute atomic E-state index is 12.0. The molecule has 2 amide bonds. The Hall–Kier alpha value is -2.54. The van der Waals surface area contributed by atoms with Crippen molar-refractivity contribution >= 4 is 21.7 Å². The topological polar surface area (TPSA) is 87.3 Å². The van der Waals surface area contributed by atoms with Crippen LogP contribution in [0.2, 0.25) is 0 Å². The monoisotopic (exact) mass is 347 g/mol. The van der Waals surface area contributed by atoms with Gasteiger partial charge in [0, 0.05) is 6.54 Å². The van der Waals surface area contributed by atoms with Crippen molar-refractivity contribution in [3.8, 4) is 0 Å². The van der Waals surface area contributed by atoms with E-state index >= 15 is 0 Å². The van der Waals surface area contributed by atoms with Gasteiger partial charge in [-0.2, -0.15) is 0 Å². The molecule has 0 radical (unpaired) electrons. The van der Waals surface area contributed by atoms with Crippen LogP contribution in [0.1, 0.15) is 24.1 Å². The van der Waals surface area contributed by atoms with Crippen molar-refractivity contribution < 1.29 is 13.2 Å². The molecule has 3 N–H and O–H groups in total. The molecule has 0 aliphatic carbocycles. The van der Waals surface area contributed by atoms with E-state index < -0.39 is 10.0 Å². The molecule has 0 heterocycles. The summed E-state index contributed by atoms with van der Waals surface area (Å²) in [6.45, 7) is 2.11. The Kier molecular flexibility index (Phi) is 5.81. The summed E-state index contributed by atoms with van der Waals surface area (Å²) in [5.41, 5.74) is 2.15. The lowest BCUT2D eigenvalue weighted by Gasteiger charge is -2.16. The van der Waals surface area contributed by atoms with E-state index in [2.05, 4.69) is 15.4 Å². The van der Waals surface area contributed by atoms with Crippen LogP contribution >= 0.6 is 0 Å². The van der Waals surface area contributed by atoms with E-state index in [4.69, 9.17) is 0 Å². The van der Waals surface area contributed by atoms with Crippen LogP contribution in [0.5, 0.6) is 0 Å². The van der Waals surface area contributed by atoms with Gasteiger partial charge in [0.2, 0.25) is 10.0 Å². The molecule has 24 heavy (non-hydrogen) atoms. The predicted molar refractivity (Wildman–Crippen MR) is 95.1 cm³/mol. The summed E-state index contributed by atoms with van der Waals surface area (Å²) in [4.78, 5) is 12.0. The standard InChI is InChI=1S/C17H21N3O3S/c1-13(14-8-4-3-5-9-14)19-17(21)18-12-15-10-6-7-11-16(15)20-24(2,22)23/h3-11,13,20H,12H2,1-2H3,(H2,18,19,21). The molecule has 1 unspecified atom stereocenters. The Balaban J connectivity index is 1.95. The first-order valence-corrected chi connectivity index (χ1v) is 9.39. The summed E-state index contributed by atoms with van der Waals surface area (Å²) in [6, 6.07) is 16.1. The summed E-state index contributed by atoms with van der Waals surface area (Å²) >= 11 is 0. The van der Waals surface area contributed by atoms with Crippen LogP contribution in [0, 0.1) is 0 Å². The summed E-state index contributed by atoms with van der Waals surface area (Å²) in [5.74, 6) is 0. The van der Waals surface area contributed by atoms with E-state index in [1.54, 1.807) is 24.3 Å².